The molecule has 3 N–H and O–H groups in total. The molecule has 0 bridgehead atoms. The number of halogens is 3. The Balaban J connectivity index is 0.00000180. The minimum Gasteiger partial charge on any atom is -0.461 e. The third kappa shape index (κ3) is 4.13. The van der Waals surface area contributed by atoms with Gasteiger partial charge in [-0.05, 0) is 30.3 Å². The lowest BCUT2D eigenvalue weighted by Gasteiger charge is -2.04. The maximum Gasteiger partial charge on any atom is 0.134 e. The molecule has 0 saturated heterocycles. The maximum atomic E-state index is 8.89. The van der Waals surface area contributed by atoms with E-state index in [1.807, 2.05) is 18.2 Å². The zero-order valence-corrected chi connectivity index (χ0v) is 12.3. The van der Waals surface area contributed by atoms with E-state index < -0.39 is 0 Å². The van der Waals surface area contributed by atoms with Gasteiger partial charge in [-0.25, -0.2) is 0 Å². The average Bonchev–Trinajstić information content (AvgIpc) is 2.81. The summed E-state index contributed by atoms with van der Waals surface area (Å²) >= 11 is 11.8. The summed E-state index contributed by atoms with van der Waals surface area (Å²) in [6, 6.07) is 8.69. The molecule has 19 heavy (non-hydrogen) atoms. The van der Waals surface area contributed by atoms with E-state index in [4.69, 9.17) is 38.5 Å². The Bertz CT molecular complexity index is 542. The number of hydrogen-bond donors (Lipinski definition) is 2. The monoisotopic (exact) mass is 321 g/mol. The first-order valence-corrected chi connectivity index (χ1v) is 6.26. The molecule has 2 aromatic rings. The normalized spacial score (nSPS) is 12.0. The molecule has 0 spiro atoms. The number of rotatable bonds is 4. The summed E-state index contributed by atoms with van der Waals surface area (Å²) in [7, 11) is 0. The largest absolute Gasteiger partial charge is 0.461 e. The lowest BCUT2D eigenvalue weighted by Crippen LogP contribution is -2.26. The van der Waals surface area contributed by atoms with Gasteiger partial charge in [-0.1, -0.05) is 23.2 Å². The van der Waals surface area contributed by atoms with E-state index >= 15 is 0 Å². The molecule has 0 aliphatic rings. The van der Waals surface area contributed by atoms with Crippen molar-refractivity contribution < 1.29 is 9.52 Å². The molecule has 1 unspecified atom stereocenters. The number of benzene rings is 1. The Morgan fingerprint density at radius 3 is 2.53 bits per heavy atom. The third-order valence-electron chi connectivity index (χ3n) is 2.56. The second-order valence-corrected chi connectivity index (χ2v) is 4.86. The predicted molar refractivity (Wildman–Crippen MR) is 80.2 cm³/mol. The van der Waals surface area contributed by atoms with Gasteiger partial charge in [-0.2, -0.15) is 0 Å². The molecule has 2 rings (SSSR count). The zero-order chi connectivity index (χ0) is 13.1. The van der Waals surface area contributed by atoms with E-state index in [2.05, 4.69) is 0 Å². The van der Waals surface area contributed by atoms with Crippen LogP contribution in [0.4, 0.5) is 0 Å². The van der Waals surface area contributed by atoms with Crippen molar-refractivity contribution in [2.24, 2.45) is 5.73 Å². The van der Waals surface area contributed by atoms with E-state index in [1.54, 1.807) is 12.1 Å². The van der Waals surface area contributed by atoms with Gasteiger partial charge in [0.15, 0.2) is 0 Å². The molecule has 104 valence electrons. The second kappa shape index (κ2) is 7.17. The molecule has 0 radical (unpaired) electrons. The molecular weight excluding hydrogens is 309 g/mol. The summed E-state index contributed by atoms with van der Waals surface area (Å²) in [5, 5.41) is 9.88. The van der Waals surface area contributed by atoms with Crippen molar-refractivity contribution in [1.82, 2.24) is 0 Å². The second-order valence-electron chi connectivity index (χ2n) is 4.04. The van der Waals surface area contributed by atoms with Crippen molar-refractivity contribution in [3.8, 4) is 11.3 Å². The van der Waals surface area contributed by atoms with E-state index in [0.29, 0.717) is 22.2 Å². The van der Waals surface area contributed by atoms with Gasteiger partial charge in [-0.3, -0.25) is 0 Å². The van der Waals surface area contributed by atoms with E-state index in [9.17, 15) is 0 Å². The summed E-state index contributed by atoms with van der Waals surface area (Å²) in [6.45, 7) is -0.0667. The van der Waals surface area contributed by atoms with Crippen LogP contribution in [0.3, 0.4) is 0 Å². The van der Waals surface area contributed by atoms with E-state index in [-0.39, 0.29) is 25.1 Å². The maximum absolute atomic E-state index is 8.89. The van der Waals surface area contributed by atoms with Crippen LogP contribution >= 0.6 is 35.6 Å². The number of aliphatic hydroxyl groups is 1. The molecule has 1 atom stereocenters. The lowest BCUT2D eigenvalue weighted by atomic mass is 10.2. The van der Waals surface area contributed by atoms with Crippen molar-refractivity contribution in [3.05, 3.63) is 46.1 Å². The van der Waals surface area contributed by atoms with Crippen molar-refractivity contribution in [1.29, 1.82) is 0 Å². The van der Waals surface area contributed by atoms with Crippen molar-refractivity contribution in [2.75, 3.05) is 6.61 Å². The van der Waals surface area contributed by atoms with Gasteiger partial charge in [0.2, 0.25) is 0 Å². The molecule has 0 fully saturated rings. The summed E-state index contributed by atoms with van der Waals surface area (Å²) in [4.78, 5) is 0. The smallest absolute Gasteiger partial charge is 0.134 e. The number of nitrogens with two attached hydrogens (primary N) is 1. The van der Waals surface area contributed by atoms with Crippen LogP contribution in [0.1, 0.15) is 5.76 Å². The first kappa shape index (κ1) is 16.3. The number of aliphatic hydroxyl groups excluding tert-OH is 1. The van der Waals surface area contributed by atoms with Gasteiger partial charge < -0.3 is 15.3 Å². The predicted octanol–water partition coefficient (Wildman–Crippen LogP) is 3.54. The SMILES string of the molecule is Cl.NC(CO)Cc1ccc(-c2ccc(Cl)c(Cl)c2)o1. The van der Waals surface area contributed by atoms with Gasteiger partial charge in [0, 0.05) is 18.0 Å². The highest BCUT2D eigenvalue weighted by molar-refractivity contribution is 6.42. The molecule has 3 nitrogen and oxygen atoms in total. The van der Waals surface area contributed by atoms with Crippen LogP contribution in [0.15, 0.2) is 34.7 Å². The lowest BCUT2D eigenvalue weighted by molar-refractivity contribution is 0.260. The molecule has 1 aromatic heterocycles. The summed E-state index contributed by atoms with van der Waals surface area (Å²) < 4.78 is 5.64. The van der Waals surface area contributed by atoms with Gasteiger partial charge in [0.25, 0.3) is 0 Å². The van der Waals surface area contributed by atoms with Crippen molar-refractivity contribution in [3.63, 3.8) is 0 Å². The third-order valence-corrected chi connectivity index (χ3v) is 3.30. The summed E-state index contributed by atoms with van der Waals surface area (Å²) in [5.74, 6) is 1.44. The molecule has 0 aliphatic heterocycles. The fraction of sp³-hybridized carbons (Fsp3) is 0.231. The topological polar surface area (TPSA) is 59.4 Å². The molecule has 0 saturated carbocycles. The van der Waals surface area contributed by atoms with Crippen LogP contribution in [0.5, 0.6) is 0 Å². The van der Waals surface area contributed by atoms with Crippen LogP contribution in [-0.4, -0.2) is 17.8 Å². The van der Waals surface area contributed by atoms with Crippen LogP contribution in [-0.2, 0) is 6.42 Å². The Labute approximate surface area is 127 Å². The first-order valence-electron chi connectivity index (χ1n) is 5.50. The Kier molecular flexibility index (Phi) is 6.17. The molecule has 1 aromatic carbocycles. The fourth-order valence-corrected chi connectivity index (χ4v) is 1.91. The highest BCUT2D eigenvalue weighted by Gasteiger charge is 2.09. The van der Waals surface area contributed by atoms with E-state index in [0.717, 1.165) is 11.3 Å². The standard InChI is InChI=1S/C13H13Cl2NO2.ClH/c14-11-3-1-8(5-12(11)15)13-4-2-10(18-13)6-9(16)7-17;/h1-5,9,17H,6-7,16H2;1H. The number of furan rings is 1. The van der Waals surface area contributed by atoms with Crippen LogP contribution in [0, 0.1) is 0 Å². The Morgan fingerprint density at radius 2 is 1.89 bits per heavy atom. The molecular formula is C13H14Cl3NO2. The number of hydrogen-bond acceptors (Lipinski definition) is 3. The highest BCUT2D eigenvalue weighted by Crippen LogP contribution is 2.29. The van der Waals surface area contributed by atoms with Crippen molar-refractivity contribution >= 4 is 35.6 Å². The van der Waals surface area contributed by atoms with Crippen LogP contribution < -0.4 is 5.73 Å². The summed E-state index contributed by atoms with van der Waals surface area (Å²) in [6.07, 6.45) is 0.498. The average molecular weight is 323 g/mol. The Hall–Kier alpha value is -0.710. The van der Waals surface area contributed by atoms with Crippen LogP contribution in [0.25, 0.3) is 11.3 Å². The highest BCUT2D eigenvalue weighted by atomic mass is 35.5. The zero-order valence-electron chi connectivity index (χ0n) is 9.98. The first-order chi connectivity index (χ1) is 8.60. The molecule has 0 amide bonds. The van der Waals surface area contributed by atoms with Crippen molar-refractivity contribution in [2.45, 2.75) is 12.5 Å². The quantitative estimate of drug-likeness (QED) is 0.905. The van der Waals surface area contributed by atoms with Gasteiger partial charge in [0.1, 0.15) is 11.5 Å². The summed E-state index contributed by atoms with van der Waals surface area (Å²) in [5.41, 5.74) is 6.50. The van der Waals surface area contributed by atoms with Gasteiger partial charge in [-0.15, -0.1) is 12.4 Å². The van der Waals surface area contributed by atoms with E-state index in [1.165, 1.54) is 0 Å². The van der Waals surface area contributed by atoms with Gasteiger partial charge in [0.05, 0.1) is 16.7 Å². The van der Waals surface area contributed by atoms with Gasteiger partial charge >= 0.3 is 0 Å². The molecule has 1 heterocycles. The minimum absolute atomic E-state index is 0. The minimum atomic E-state index is -0.308. The molecule has 0 aliphatic carbocycles. The Morgan fingerprint density at radius 1 is 1.16 bits per heavy atom. The fourth-order valence-electron chi connectivity index (χ4n) is 1.62. The van der Waals surface area contributed by atoms with Crippen LogP contribution in [0.2, 0.25) is 10.0 Å². The molecule has 6 heteroatoms.